The van der Waals surface area contributed by atoms with Crippen LogP contribution in [0.25, 0.3) is 0 Å². The monoisotopic (exact) mass is 349 g/mol. The number of likely N-dealkylation sites (N-methyl/N-ethyl adjacent to an activating group) is 1. The molecule has 0 radical (unpaired) electrons. The Hall–Kier alpha value is -1.35. The molecule has 9 heteroatoms. The van der Waals surface area contributed by atoms with Crippen molar-refractivity contribution in [1.29, 1.82) is 0 Å². The molecule has 2 amide bonds. The lowest BCUT2D eigenvalue weighted by molar-refractivity contribution is -0.121. The van der Waals surface area contributed by atoms with Gasteiger partial charge >= 0.3 is 6.09 Å². The number of ether oxygens (including phenoxy) is 1. The van der Waals surface area contributed by atoms with Crippen LogP contribution in [-0.2, 0) is 19.6 Å². The second-order valence-electron chi connectivity index (χ2n) is 6.79. The van der Waals surface area contributed by atoms with Crippen molar-refractivity contribution in [2.24, 2.45) is 0 Å². The van der Waals surface area contributed by atoms with Crippen molar-refractivity contribution in [3.63, 3.8) is 0 Å². The fourth-order valence-corrected chi connectivity index (χ4v) is 2.57. The molecule has 1 N–H and O–H groups in total. The van der Waals surface area contributed by atoms with Gasteiger partial charge in [-0.25, -0.2) is 13.2 Å². The quantitative estimate of drug-likeness (QED) is 0.775. The third kappa shape index (κ3) is 6.74. The van der Waals surface area contributed by atoms with E-state index in [0.29, 0.717) is 6.54 Å². The molecule has 1 fully saturated rings. The van der Waals surface area contributed by atoms with Gasteiger partial charge in [0.15, 0.2) is 0 Å². The number of likely N-dealkylation sites (tertiary alicyclic amines) is 1. The zero-order chi connectivity index (χ0) is 17.8. The highest BCUT2D eigenvalue weighted by atomic mass is 32.2. The topological polar surface area (TPSA) is 96.0 Å². The summed E-state index contributed by atoms with van der Waals surface area (Å²) in [6.07, 6.45) is 2.29. The van der Waals surface area contributed by atoms with Crippen molar-refractivity contribution in [3.05, 3.63) is 0 Å². The molecule has 1 heterocycles. The molecule has 1 unspecified atom stereocenters. The van der Waals surface area contributed by atoms with Crippen molar-refractivity contribution in [3.8, 4) is 0 Å². The molecule has 0 spiro atoms. The van der Waals surface area contributed by atoms with Crippen molar-refractivity contribution >= 4 is 22.0 Å². The second kappa shape index (κ2) is 7.48. The number of amides is 2. The van der Waals surface area contributed by atoms with Gasteiger partial charge in [-0.15, -0.1) is 0 Å². The van der Waals surface area contributed by atoms with Crippen LogP contribution >= 0.6 is 0 Å². The number of nitrogens with zero attached hydrogens (tertiary/aromatic N) is 2. The molecular formula is C14H27N3O5S. The van der Waals surface area contributed by atoms with Crippen LogP contribution in [0.1, 0.15) is 33.6 Å². The molecule has 1 rings (SSSR count). The van der Waals surface area contributed by atoms with E-state index in [1.807, 2.05) is 0 Å². The van der Waals surface area contributed by atoms with Gasteiger partial charge < -0.3 is 15.0 Å². The number of carbonyl (C=O) groups is 2. The Labute approximate surface area is 138 Å². The average molecular weight is 349 g/mol. The highest BCUT2D eigenvalue weighted by Gasteiger charge is 2.32. The lowest BCUT2D eigenvalue weighted by atomic mass is 10.2. The number of sulfonamides is 1. The molecular weight excluding hydrogens is 322 g/mol. The van der Waals surface area contributed by atoms with E-state index in [-0.39, 0.29) is 25.2 Å². The lowest BCUT2D eigenvalue weighted by Crippen LogP contribution is -2.47. The summed E-state index contributed by atoms with van der Waals surface area (Å²) < 4.78 is 28.9. The first-order chi connectivity index (χ1) is 10.4. The zero-order valence-electron chi connectivity index (χ0n) is 14.5. The van der Waals surface area contributed by atoms with E-state index in [9.17, 15) is 18.0 Å². The van der Waals surface area contributed by atoms with Crippen LogP contribution in [0.5, 0.6) is 0 Å². The summed E-state index contributed by atoms with van der Waals surface area (Å²) in [7, 11) is -2.05. The van der Waals surface area contributed by atoms with Crippen LogP contribution in [0, 0.1) is 0 Å². The van der Waals surface area contributed by atoms with E-state index in [2.05, 4.69) is 5.32 Å². The molecule has 0 aromatic rings. The maximum Gasteiger partial charge on any atom is 0.410 e. The van der Waals surface area contributed by atoms with Gasteiger partial charge in [0.25, 0.3) is 0 Å². The third-order valence-corrected chi connectivity index (χ3v) is 4.73. The van der Waals surface area contributed by atoms with E-state index >= 15 is 0 Å². The van der Waals surface area contributed by atoms with Crippen LogP contribution in [0.4, 0.5) is 4.79 Å². The van der Waals surface area contributed by atoms with Gasteiger partial charge in [-0.2, -0.15) is 4.31 Å². The predicted molar refractivity (Wildman–Crippen MR) is 86.4 cm³/mol. The first-order valence-electron chi connectivity index (χ1n) is 7.58. The lowest BCUT2D eigenvalue weighted by Gasteiger charge is -2.28. The molecule has 0 saturated carbocycles. The minimum Gasteiger partial charge on any atom is -0.444 e. The molecule has 1 saturated heterocycles. The number of nitrogens with one attached hydrogen (secondary N) is 1. The van der Waals surface area contributed by atoms with Crippen molar-refractivity contribution in [1.82, 2.24) is 14.5 Å². The maximum absolute atomic E-state index is 12.1. The Kier molecular flexibility index (Phi) is 6.41. The van der Waals surface area contributed by atoms with Crippen LogP contribution in [0.15, 0.2) is 0 Å². The number of hydrogen-bond donors (Lipinski definition) is 1. The van der Waals surface area contributed by atoms with E-state index < -0.39 is 21.5 Å². The number of carbonyl (C=O) groups excluding carboxylic acids is 2. The van der Waals surface area contributed by atoms with Crippen LogP contribution in [0.2, 0.25) is 0 Å². The van der Waals surface area contributed by atoms with Gasteiger partial charge in [-0.05, 0) is 33.6 Å². The van der Waals surface area contributed by atoms with Gasteiger partial charge in [0.05, 0.1) is 18.8 Å². The smallest absolute Gasteiger partial charge is 0.410 e. The molecule has 1 aliphatic rings. The number of rotatable bonds is 5. The van der Waals surface area contributed by atoms with Crippen LogP contribution < -0.4 is 5.32 Å². The molecule has 1 aliphatic heterocycles. The molecule has 0 aromatic carbocycles. The molecule has 23 heavy (non-hydrogen) atoms. The summed E-state index contributed by atoms with van der Waals surface area (Å²) in [5.74, 6) is -0.394. The first-order valence-corrected chi connectivity index (χ1v) is 9.42. The van der Waals surface area contributed by atoms with Crippen molar-refractivity contribution in [2.45, 2.75) is 45.3 Å². The third-order valence-electron chi connectivity index (χ3n) is 3.47. The molecule has 0 aromatic heterocycles. The molecule has 0 bridgehead atoms. The Balaban J connectivity index is 2.50. The van der Waals surface area contributed by atoms with Crippen molar-refractivity contribution in [2.75, 3.05) is 32.9 Å². The zero-order valence-corrected chi connectivity index (χ0v) is 15.3. The minimum absolute atomic E-state index is 0.127. The molecule has 1 atom stereocenters. The SMILES string of the molecule is CN(CC(=O)NCC1CCCN1C(=O)OC(C)(C)C)S(C)(=O)=O. The van der Waals surface area contributed by atoms with Gasteiger partial charge in [0, 0.05) is 20.1 Å². The van der Waals surface area contributed by atoms with Gasteiger partial charge in [0.2, 0.25) is 15.9 Å². The maximum atomic E-state index is 12.1. The normalized spacial score (nSPS) is 19.0. The molecule has 8 nitrogen and oxygen atoms in total. The van der Waals surface area contributed by atoms with E-state index in [1.165, 1.54) is 7.05 Å². The predicted octanol–water partition coefficient (Wildman–Crippen LogP) is 0.394. The number of hydrogen-bond acceptors (Lipinski definition) is 5. The highest BCUT2D eigenvalue weighted by molar-refractivity contribution is 7.88. The Morgan fingerprint density at radius 1 is 1.35 bits per heavy atom. The van der Waals surface area contributed by atoms with Crippen molar-refractivity contribution < 1.29 is 22.7 Å². The Bertz CT molecular complexity index is 541. The standard InChI is InChI=1S/C14H27N3O5S/c1-14(2,3)22-13(19)17-8-6-7-11(17)9-15-12(18)10-16(4)23(5,20)21/h11H,6-10H2,1-5H3,(H,15,18). The first kappa shape index (κ1) is 19.7. The Morgan fingerprint density at radius 2 is 1.96 bits per heavy atom. The summed E-state index contributed by atoms with van der Waals surface area (Å²) >= 11 is 0. The van der Waals surface area contributed by atoms with E-state index in [1.54, 1.807) is 25.7 Å². The van der Waals surface area contributed by atoms with Gasteiger partial charge in [-0.3, -0.25) is 4.79 Å². The summed E-state index contributed by atoms with van der Waals surface area (Å²) in [5, 5.41) is 2.68. The minimum atomic E-state index is -3.39. The summed E-state index contributed by atoms with van der Waals surface area (Å²) in [4.78, 5) is 25.6. The summed E-state index contributed by atoms with van der Waals surface area (Å²) in [6.45, 7) is 6.06. The average Bonchev–Trinajstić information content (AvgIpc) is 2.81. The van der Waals surface area contributed by atoms with Gasteiger partial charge in [-0.1, -0.05) is 0 Å². The Morgan fingerprint density at radius 3 is 2.48 bits per heavy atom. The summed E-state index contributed by atoms with van der Waals surface area (Å²) in [6, 6.07) is -0.127. The largest absolute Gasteiger partial charge is 0.444 e. The fourth-order valence-electron chi connectivity index (χ4n) is 2.22. The van der Waals surface area contributed by atoms with Crippen LogP contribution in [0.3, 0.4) is 0 Å². The molecule has 134 valence electrons. The second-order valence-corrected chi connectivity index (χ2v) is 8.88. The highest BCUT2D eigenvalue weighted by Crippen LogP contribution is 2.20. The van der Waals surface area contributed by atoms with Crippen LogP contribution in [-0.4, -0.2) is 74.2 Å². The summed E-state index contributed by atoms with van der Waals surface area (Å²) in [5.41, 5.74) is -0.564. The fraction of sp³-hybridized carbons (Fsp3) is 0.857. The molecule has 0 aliphatic carbocycles. The van der Waals surface area contributed by atoms with E-state index in [0.717, 1.165) is 23.4 Å². The van der Waals surface area contributed by atoms with E-state index in [4.69, 9.17) is 4.74 Å². The van der Waals surface area contributed by atoms with Gasteiger partial charge in [0.1, 0.15) is 5.60 Å².